The molecular weight excluding hydrogens is 452 g/mol. The van der Waals surface area contributed by atoms with Crippen molar-refractivity contribution < 1.29 is 28.7 Å². The van der Waals surface area contributed by atoms with Crippen LogP contribution in [0.5, 0.6) is 0 Å². The van der Waals surface area contributed by atoms with Gasteiger partial charge in [-0.1, -0.05) is 48.9 Å². The van der Waals surface area contributed by atoms with Gasteiger partial charge in [-0.05, 0) is 38.0 Å². The summed E-state index contributed by atoms with van der Waals surface area (Å²) in [5, 5.41) is 7.89. The highest BCUT2D eigenvalue weighted by molar-refractivity contribution is 6.08. The summed E-state index contributed by atoms with van der Waals surface area (Å²) in [5.74, 6) is -2.49. The van der Waals surface area contributed by atoms with Gasteiger partial charge in [-0.25, -0.2) is 4.79 Å². The number of urea groups is 1. The lowest BCUT2D eigenvalue weighted by Crippen LogP contribution is -2.43. The molecule has 2 aromatic carbocycles. The van der Waals surface area contributed by atoms with Crippen molar-refractivity contribution in [3.63, 3.8) is 0 Å². The summed E-state index contributed by atoms with van der Waals surface area (Å²) in [4.78, 5) is 62.2. The first-order chi connectivity index (χ1) is 16.6. The third kappa shape index (κ3) is 6.23. The molecule has 5 amide bonds. The number of benzene rings is 2. The molecule has 0 aliphatic carbocycles. The average Bonchev–Trinajstić information content (AvgIpc) is 3.06. The first-order valence-electron chi connectivity index (χ1n) is 11.2. The second-order valence-corrected chi connectivity index (χ2v) is 8.43. The Bertz CT molecular complexity index is 1150. The summed E-state index contributed by atoms with van der Waals surface area (Å²) in [6.07, 6.45) is 0.365. The highest BCUT2D eigenvalue weighted by Gasteiger charge is 2.47. The van der Waals surface area contributed by atoms with Crippen LogP contribution in [0.25, 0.3) is 0 Å². The number of nitrogens with zero attached hydrogens (tertiary/aromatic N) is 1. The largest absolute Gasteiger partial charge is 0.454 e. The van der Waals surface area contributed by atoms with Gasteiger partial charge in [0.2, 0.25) is 0 Å². The lowest BCUT2D eigenvalue weighted by molar-refractivity contribution is -0.150. The van der Waals surface area contributed by atoms with Crippen molar-refractivity contribution in [2.24, 2.45) is 0 Å². The van der Waals surface area contributed by atoms with Crippen LogP contribution in [0, 0.1) is 6.92 Å². The van der Waals surface area contributed by atoms with Gasteiger partial charge in [-0.2, -0.15) is 0 Å². The minimum atomic E-state index is -1.07. The smallest absolute Gasteiger partial charge is 0.326 e. The zero-order valence-corrected chi connectivity index (χ0v) is 19.8. The molecule has 184 valence electrons. The number of ether oxygens (including phenoxy) is 1. The van der Waals surface area contributed by atoms with Crippen LogP contribution >= 0.6 is 0 Å². The molecule has 1 fully saturated rings. The van der Waals surface area contributed by atoms with Crippen molar-refractivity contribution in [1.82, 2.24) is 15.5 Å². The van der Waals surface area contributed by atoms with Crippen LogP contribution in [0.15, 0.2) is 48.5 Å². The van der Waals surface area contributed by atoms with Crippen LogP contribution in [0.3, 0.4) is 0 Å². The van der Waals surface area contributed by atoms with Crippen LogP contribution in [0.1, 0.15) is 41.8 Å². The van der Waals surface area contributed by atoms with E-state index in [-0.39, 0.29) is 17.2 Å². The Hall–Kier alpha value is -4.21. The second-order valence-electron chi connectivity index (χ2n) is 8.43. The van der Waals surface area contributed by atoms with E-state index in [0.717, 1.165) is 16.0 Å². The third-order valence-corrected chi connectivity index (χ3v) is 5.72. The van der Waals surface area contributed by atoms with Crippen LogP contribution in [-0.2, 0) is 25.7 Å². The topological polar surface area (TPSA) is 134 Å². The summed E-state index contributed by atoms with van der Waals surface area (Å²) < 4.78 is 4.93. The summed E-state index contributed by atoms with van der Waals surface area (Å²) >= 11 is 0. The molecule has 1 saturated heterocycles. The number of para-hydroxylation sites is 1. The van der Waals surface area contributed by atoms with Gasteiger partial charge in [0, 0.05) is 6.54 Å². The fraction of sp³-hybridized carbons (Fsp3) is 0.320. The lowest BCUT2D eigenvalue weighted by Gasteiger charge is -2.18. The number of hydrogen-bond acceptors (Lipinski definition) is 6. The van der Waals surface area contributed by atoms with Gasteiger partial charge in [0.25, 0.3) is 17.7 Å². The Balaban J connectivity index is 1.52. The predicted molar refractivity (Wildman–Crippen MR) is 127 cm³/mol. The van der Waals surface area contributed by atoms with Gasteiger partial charge in [-0.15, -0.1) is 0 Å². The summed E-state index contributed by atoms with van der Waals surface area (Å²) in [6, 6.07) is 13.5. The van der Waals surface area contributed by atoms with Crippen LogP contribution in [-0.4, -0.2) is 53.3 Å². The quantitative estimate of drug-likeness (QED) is 0.372. The minimum absolute atomic E-state index is 0.248. The van der Waals surface area contributed by atoms with Crippen LogP contribution in [0.2, 0.25) is 0 Å². The van der Waals surface area contributed by atoms with E-state index >= 15 is 0 Å². The number of carbonyl (C=O) groups excluding carboxylic acids is 5. The van der Waals surface area contributed by atoms with E-state index in [1.807, 2.05) is 31.2 Å². The van der Waals surface area contributed by atoms with Crippen molar-refractivity contribution in [2.45, 2.75) is 39.3 Å². The maximum Gasteiger partial charge on any atom is 0.326 e. The van der Waals surface area contributed by atoms with E-state index in [4.69, 9.17) is 4.74 Å². The zero-order valence-electron chi connectivity index (χ0n) is 19.8. The predicted octanol–water partition coefficient (Wildman–Crippen LogP) is 2.13. The van der Waals surface area contributed by atoms with Crippen molar-refractivity contribution in [3.8, 4) is 0 Å². The van der Waals surface area contributed by atoms with Gasteiger partial charge in [0.15, 0.2) is 6.61 Å². The van der Waals surface area contributed by atoms with E-state index in [1.54, 1.807) is 38.1 Å². The molecule has 0 bridgehead atoms. The number of amides is 5. The zero-order chi connectivity index (χ0) is 25.6. The number of carbonyl (C=O) groups is 5. The lowest BCUT2D eigenvalue weighted by atomic mass is 9.99. The molecule has 1 heterocycles. The normalized spacial score (nSPS) is 17.1. The Morgan fingerprint density at radius 2 is 1.74 bits per heavy atom. The molecule has 0 radical (unpaired) electrons. The maximum absolute atomic E-state index is 12.7. The molecule has 3 rings (SSSR count). The number of esters is 1. The van der Waals surface area contributed by atoms with Crippen molar-refractivity contribution >= 4 is 35.4 Å². The van der Waals surface area contributed by atoms with Gasteiger partial charge >= 0.3 is 12.0 Å². The molecule has 0 aromatic heterocycles. The second kappa shape index (κ2) is 10.8. The molecule has 35 heavy (non-hydrogen) atoms. The van der Waals surface area contributed by atoms with E-state index < -0.39 is 42.5 Å². The first-order valence-corrected chi connectivity index (χ1v) is 11.2. The number of hydrogen-bond donors (Lipinski definition) is 3. The van der Waals surface area contributed by atoms with E-state index in [9.17, 15) is 24.0 Å². The molecule has 1 aliphatic heterocycles. The van der Waals surface area contributed by atoms with Crippen molar-refractivity contribution in [1.29, 1.82) is 0 Å². The number of anilines is 1. The van der Waals surface area contributed by atoms with Crippen LogP contribution in [0.4, 0.5) is 10.5 Å². The SMILES string of the molecule is CCC1(C)NC(=O)N(CC(=O)OCC(=O)Nc2ccccc2C(=O)NCc2ccc(C)cc2)C1=O. The van der Waals surface area contributed by atoms with Crippen LogP contribution < -0.4 is 16.0 Å². The highest BCUT2D eigenvalue weighted by Crippen LogP contribution is 2.20. The van der Waals surface area contributed by atoms with Gasteiger partial charge in [0.05, 0.1) is 11.3 Å². The Morgan fingerprint density at radius 3 is 2.40 bits per heavy atom. The van der Waals surface area contributed by atoms with Crippen molar-refractivity contribution in [3.05, 3.63) is 65.2 Å². The summed E-state index contributed by atoms with van der Waals surface area (Å²) in [5.41, 5.74) is 1.48. The minimum Gasteiger partial charge on any atom is -0.454 e. The molecule has 1 atom stereocenters. The Kier molecular flexibility index (Phi) is 7.85. The van der Waals surface area contributed by atoms with Gasteiger partial charge in [0.1, 0.15) is 12.1 Å². The first kappa shape index (κ1) is 25.4. The number of aryl methyl sites for hydroxylation is 1. The summed E-state index contributed by atoms with van der Waals surface area (Å²) in [7, 11) is 0. The Labute approximate surface area is 203 Å². The molecule has 3 N–H and O–H groups in total. The van der Waals surface area contributed by atoms with Gasteiger partial charge in [-0.3, -0.25) is 24.1 Å². The van der Waals surface area contributed by atoms with Crippen molar-refractivity contribution in [2.75, 3.05) is 18.5 Å². The molecule has 2 aromatic rings. The van der Waals surface area contributed by atoms with E-state index in [2.05, 4.69) is 16.0 Å². The molecule has 0 spiro atoms. The van der Waals surface area contributed by atoms with E-state index in [1.165, 1.54) is 0 Å². The molecule has 1 unspecified atom stereocenters. The molecule has 10 heteroatoms. The van der Waals surface area contributed by atoms with E-state index in [0.29, 0.717) is 13.0 Å². The number of rotatable bonds is 9. The highest BCUT2D eigenvalue weighted by atomic mass is 16.5. The monoisotopic (exact) mass is 480 g/mol. The molecule has 10 nitrogen and oxygen atoms in total. The fourth-order valence-corrected chi connectivity index (χ4v) is 3.41. The average molecular weight is 481 g/mol. The number of imide groups is 1. The fourth-order valence-electron chi connectivity index (χ4n) is 3.41. The Morgan fingerprint density at radius 1 is 1.06 bits per heavy atom. The maximum atomic E-state index is 12.7. The summed E-state index contributed by atoms with van der Waals surface area (Å²) in [6.45, 7) is 4.35. The molecular formula is C25H28N4O6. The third-order valence-electron chi connectivity index (χ3n) is 5.72. The molecule has 1 aliphatic rings. The van der Waals surface area contributed by atoms with Gasteiger partial charge < -0.3 is 20.7 Å². The number of nitrogens with one attached hydrogen (secondary N) is 3. The standard InChI is InChI=1S/C25H28N4O6/c1-4-25(3)23(33)29(24(34)28-25)14-21(31)35-15-20(30)27-19-8-6-5-7-18(19)22(32)26-13-17-11-9-16(2)10-12-17/h5-12H,4,13-15H2,1-3H3,(H,26,32)(H,27,30)(H,28,34). The molecule has 0 saturated carbocycles.